The normalized spacial score (nSPS) is 18.1. The van der Waals surface area contributed by atoms with Gasteiger partial charge in [0.1, 0.15) is 4.88 Å². The maximum absolute atomic E-state index is 11.3. The monoisotopic (exact) mass is 239 g/mol. The zero-order valence-electron chi connectivity index (χ0n) is 9.57. The molecule has 0 amide bonds. The van der Waals surface area contributed by atoms with Crippen LogP contribution in [0.3, 0.4) is 0 Å². The average molecular weight is 239 g/mol. The Balaban J connectivity index is 2.08. The van der Waals surface area contributed by atoms with Gasteiger partial charge in [0.25, 0.3) is 0 Å². The first-order chi connectivity index (χ1) is 7.81. The molecule has 3 nitrogen and oxygen atoms in total. The third-order valence-electron chi connectivity index (χ3n) is 3.11. The molecule has 1 saturated carbocycles. The second-order valence-electron chi connectivity index (χ2n) is 4.24. The van der Waals surface area contributed by atoms with E-state index in [1.807, 2.05) is 0 Å². The van der Waals surface area contributed by atoms with Crippen LogP contribution in [0.25, 0.3) is 0 Å². The van der Waals surface area contributed by atoms with Crippen molar-refractivity contribution in [1.29, 1.82) is 0 Å². The lowest BCUT2D eigenvalue weighted by Crippen LogP contribution is -1.97. The summed E-state index contributed by atoms with van der Waals surface area (Å²) in [4.78, 5) is 16.3. The first kappa shape index (κ1) is 11.6. The van der Waals surface area contributed by atoms with Crippen LogP contribution >= 0.6 is 11.3 Å². The fourth-order valence-corrected chi connectivity index (χ4v) is 3.20. The summed E-state index contributed by atoms with van der Waals surface area (Å²) in [5, 5.41) is 1.11. The van der Waals surface area contributed by atoms with Crippen LogP contribution in [-0.4, -0.2) is 18.1 Å². The van der Waals surface area contributed by atoms with Crippen LogP contribution in [0.4, 0.5) is 0 Å². The van der Waals surface area contributed by atoms with Crippen molar-refractivity contribution in [3.63, 3.8) is 0 Å². The molecule has 0 saturated heterocycles. The molecule has 1 heterocycles. The largest absolute Gasteiger partial charge is 0.465 e. The highest BCUT2D eigenvalue weighted by molar-refractivity contribution is 7.13. The minimum absolute atomic E-state index is 0.266. The van der Waals surface area contributed by atoms with E-state index >= 15 is 0 Å². The number of carbonyl (C=O) groups excluding carboxylic acids is 1. The van der Waals surface area contributed by atoms with Crippen molar-refractivity contribution in [2.24, 2.45) is 0 Å². The minimum atomic E-state index is -0.266. The number of methoxy groups -OCH3 is 1. The van der Waals surface area contributed by atoms with Crippen molar-refractivity contribution < 1.29 is 9.53 Å². The Morgan fingerprint density at radius 1 is 1.38 bits per heavy atom. The number of ether oxygens (including phenoxy) is 1. The average Bonchev–Trinajstić information content (AvgIpc) is 2.64. The molecule has 1 aliphatic rings. The molecule has 0 unspecified atom stereocenters. The molecule has 1 aromatic rings. The summed E-state index contributed by atoms with van der Waals surface area (Å²) < 4.78 is 4.69. The molecule has 0 aliphatic heterocycles. The van der Waals surface area contributed by atoms with E-state index in [4.69, 9.17) is 4.74 Å². The zero-order valence-corrected chi connectivity index (χ0v) is 10.4. The van der Waals surface area contributed by atoms with E-state index in [1.54, 1.807) is 6.20 Å². The molecule has 4 heteroatoms. The molecule has 0 radical (unpaired) electrons. The zero-order chi connectivity index (χ0) is 11.4. The Kier molecular flexibility index (Phi) is 3.93. The number of nitrogens with zero attached hydrogens (tertiary/aromatic N) is 1. The van der Waals surface area contributed by atoms with E-state index in [1.165, 1.54) is 57.0 Å². The first-order valence-electron chi connectivity index (χ1n) is 5.85. The maximum atomic E-state index is 11.3. The van der Waals surface area contributed by atoms with Gasteiger partial charge >= 0.3 is 5.97 Å². The Morgan fingerprint density at radius 3 is 2.69 bits per heavy atom. The highest BCUT2D eigenvalue weighted by Gasteiger charge is 2.19. The number of rotatable bonds is 2. The first-order valence-corrected chi connectivity index (χ1v) is 6.67. The van der Waals surface area contributed by atoms with Crippen LogP contribution in [0, 0.1) is 0 Å². The van der Waals surface area contributed by atoms with Crippen molar-refractivity contribution in [2.75, 3.05) is 7.11 Å². The summed E-state index contributed by atoms with van der Waals surface area (Å²) in [7, 11) is 1.41. The lowest BCUT2D eigenvalue weighted by Gasteiger charge is -2.09. The summed E-state index contributed by atoms with van der Waals surface area (Å²) in [5.74, 6) is 0.295. The Bertz CT molecular complexity index is 354. The fraction of sp³-hybridized carbons (Fsp3) is 0.667. The van der Waals surface area contributed by atoms with E-state index in [2.05, 4.69) is 4.98 Å². The molecule has 1 aliphatic carbocycles. The van der Waals surface area contributed by atoms with E-state index in [9.17, 15) is 4.79 Å². The van der Waals surface area contributed by atoms with Gasteiger partial charge in [-0.25, -0.2) is 9.78 Å². The van der Waals surface area contributed by atoms with Crippen LogP contribution in [0.15, 0.2) is 6.20 Å². The molecule has 88 valence electrons. The number of hydrogen-bond donors (Lipinski definition) is 0. The van der Waals surface area contributed by atoms with Gasteiger partial charge in [-0.15, -0.1) is 11.3 Å². The van der Waals surface area contributed by atoms with Gasteiger partial charge in [-0.05, 0) is 12.8 Å². The predicted octanol–water partition coefficient (Wildman–Crippen LogP) is 3.37. The van der Waals surface area contributed by atoms with Crippen LogP contribution < -0.4 is 0 Å². The topological polar surface area (TPSA) is 39.2 Å². The van der Waals surface area contributed by atoms with E-state index in [-0.39, 0.29) is 5.97 Å². The molecule has 0 N–H and O–H groups in total. The van der Waals surface area contributed by atoms with Gasteiger partial charge in [0.15, 0.2) is 0 Å². The molecule has 2 rings (SSSR count). The number of thiazole rings is 1. The summed E-state index contributed by atoms with van der Waals surface area (Å²) in [6, 6.07) is 0. The molecule has 0 atom stereocenters. The molecular formula is C12H17NO2S. The molecule has 1 aromatic heterocycles. The highest BCUT2D eigenvalue weighted by atomic mass is 32.1. The van der Waals surface area contributed by atoms with Crippen molar-refractivity contribution in [3.05, 3.63) is 16.1 Å². The van der Waals surface area contributed by atoms with Gasteiger partial charge in [-0.2, -0.15) is 0 Å². The van der Waals surface area contributed by atoms with Crippen molar-refractivity contribution >= 4 is 17.3 Å². The number of aromatic nitrogens is 1. The lowest BCUT2D eigenvalue weighted by atomic mass is 10.0. The molecular weight excluding hydrogens is 222 g/mol. The SMILES string of the molecule is COC(=O)c1cnc(C2CCCCCC2)s1. The van der Waals surface area contributed by atoms with E-state index in [0.717, 1.165) is 5.01 Å². The summed E-state index contributed by atoms with van der Waals surface area (Å²) in [5.41, 5.74) is 0. The summed E-state index contributed by atoms with van der Waals surface area (Å²) >= 11 is 1.50. The Labute approximate surface area is 99.8 Å². The number of esters is 1. The van der Waals surface area contributed by atoms with Crippen LogP contribution in [-0.2, 0) is 4.74 Å². The molecule has 0 bridgehead atoms. The standard InChI is InChI=1S/C12H17NO2S/c1-15-12(14)10-8-13-11(16-10)9-6-4-2-3-5-7-9/h8-9H,2-7H2,1H3. The maximum Gasteiger partial charge on any atom is 0.349 e. The minimum Gasteiger partial charge on any atom is -0.465 e. The van der Waals surface area contributed by atoms with Gasteiger partial charge in [0, 0.05) is 5.92 Å². The molecule has 1 fully saturated rings. The van der Waals surface area contributed by atoms with Gasteiger partial charge in [0.2, 0.25) is 0 Å². The van der Waals surface area contributed by atoms with Crippen LogP contribution in [0.5, 0.6) is 0 Å². The fourth-order valence-electron chi connectivity index (χ4n) is 2.20. The quantitative estimate of drug-likeness (QED) is 0.586. The van der Waals surface area contributed by atoms with E-state index in [0.29, 0.717) is 10.8 Å². The Hall–Kier alpha value is -0.900. The third-order valence-corrected chi connectivity index (χ3v) is 4.25. The van der Waals surface area contributed by atoms with Gasteiger partial charge in [0.05, 0.1) is 18.3 Å². The second-order valence-corrected chi connectivity index (χ2v) is 5.31. The van der Waals surface area contributed by atoms with Crippen molar-refractivity contribution in [1.82, 2.24) is 4.98 Å². The highest BCUT2D eigenvalue weighted by Crippen LogP contribution is 2.33. The predicted molar refractivity (Wildman–Crippen MR) is 63.9 cm³/mol. The van der Waals surface area contributed by atoms with E-state index < -0.39 is 0 Å². The number of carbonyl (C=O) groups is 1. The van der Waals surface area contributed by atoms with Crippen molar-refractivity contribution in [2.45, 2.75) is 44.4 Å². The molecule has 0 aromatic carbocycles. The van der Waals surface area contributed by atoms with Crippen LogP contribution in [0.2, 0.25) is 0 Å². The van der Waals surface area contributed by atoms with Crippen molar-refractivity contribution in [3.8, 4) is 0 Å². The summed E-state index contributed by atoms with van der Waals surface area (Å²) in [6.07, 6.45) is 9.34. The second kappa shape index (κ2) is 5.43. The lowest BCUT2D eigenvalue weighted by molar-refractivity contribution is 0.0606. The molecule has 16 heavy (non-hydrogen) atoms. The van der Waals surface area contributed by atoms with Gasteiger partial charge < -0.3 is 4.74 Å². The molecule has 0 spiro atoms. The number of hydrogen-bond acceptors (Lipinski definition) is 4. The van der Waals surface area contributed by atoms with Gasteiger partial charge in [-0.1, -0.05) is 25.7 Å². The smallest absolute Gasteiger partial charge is 0.349 e. The summed E-state index contributed by atoms with van der Waals surface area (Å²) in [6.45, 7) is 0. The van der Waals surface area contributed by atoms with Gasteiger partial charge in [-0.3, -0.25) is 0 Å². The van der Waals surface area contributed by atoms with Crippen LogP contribution in [0.1, 0.15) is 59.1 Å². The third kappa shape index (κ3) is 2.61. The Morgan fingerprint density at radius 2 is 2.06 bits per heavy atom.